The third-order valence-corrected chi connectivity index (χ3v) is 5.96. The number of nitrogens with one attached hydrogen (secondary N) is 1. The molecule has 0 bridgehead atoms. The molecule has 8 nitrogen and oxygen atoms in total. The topological polar surface area (TPSA) is 96.5 Å². The van der Waals surface area contributed by atoms with Crippen LogP contribution in [0, 0.1) is 10.1 Å². The summed E-state index contributed by atoms with van der Waals surface area (Å²) in [5.74, 6) is 0.170. The highest BCUT2D eigenvalue weighted by molar-refractivity contribution is 7.80. The van der Waals surface area contributed by atoms with Gasteiger partial charge in [-0.2, -0.15) is 0 Å². The molecule has 1 aliphatic rings. The number of aromatic hydroxyl groups is 1. The smallest absolute Gasteiger partial charge is 0.269 e. The van der Waals surface area contributed by atoms with E-state index < -0.39 is 4.92 Å². The molecule has 2 unspecified atom stereocenters. The first-order chi connectivity index (χ1) is 16.0. The van der Waals surface area contributed by atoms with Crippen molar-refractivity contribution >= 4 is 28.7 Å². The number of nitrogens with zero attached hydrogens (tertiary/aromatic N) is 4. The van der Waals surface area contributed by atoms with Crippen LogP contribution in [0.15, 0.2) is 91.3 Å². The molecule has 1 saturated heterocycles. The summed E-state index contributed by atoms with van der Waals surface area (Å²) >= 11 is 5.73. The van der Waals surface area contributed by atoms with Crippen molar-refractivity contribution < 1.29 is 10.0 Å². The maximum Gasteiger partial charge on any atom is 0.269 e. The molecule has 2 atom stereocenters. The lowest BCUT2D eigenvalue weighted by molar-refractivity contribution is -0.384. The Labute approximate surface area is 194 Å². The van der Waals surface area contributed by atoms with Crippen LogP contribution in [0.1, 0.15) is 23.5 Å². The van der Waals surface area contributed by atoms with Crippen LogP contribution in [-0.2, 0) is 0 Å². The van der Waals surface area contributed by atoms with E-state index in [2.05, 4.69) is 10.3 Å². The third-order valence-electron chi connectivity index (χ3n) is 5.65. The van der Waals surface area contributed by atoms with Gasteiger partial charge in [0, 0.05) is 41.6 Å². The largest absolute Gasteiger partial charge is 0.508 e. The molecule has 4 aromatic rings. The standard InChI is InChI=1S/C24H19N5O3S/c30-19-12-10-17(11-13-19)28-23(22(26-24(28)33)20-4-1-2-14-25-20)21-5-3-15-27(21)16-6-8-18(9-7-16)29(31)32/h1-15,22-23,30H,(H,26,33). The molecule has 5 rings (SSSR count). The number of rotatable bonds is 5. The number of phenols is 1. The average molecular weight is 458 g/mol. The maximum absolute atomic E-state index is 11.1. The number of phenolic OH excluding ortho intramolecular Hbond substituents is 1. The van der Waals surface area contributed by atoms with Crippen molar-refractivity contribution in [2.24, 2.45) is 0 Å². The van der Waals surface area contributed by atoms with Gasteiger partial charge in [-0.1, -0.05) is 6.07 Å². The highest BCUT2D eigenvalue weighted by Gasteiger charge is 2.42. The summed E-state index contributed by atoms with van der Waals surface area (Å²) in [6, 6.07) is 22.5. The number of hydrogen-bond acceptors (Lipinski definition) is 5. The van der Waals surface area contributed by atoms with Crippen LogP contribution in [0.5, 0.6) is 5.75 Å². The SMILES string of the molecule is O=[N+]([O-])c1ccc(-n2cccc2C2C(c3ccccn3)NC(=S)N2c2ccc(O)cc2)cc1. The lowest BCUT2D eigenvalue weighted by Gasteiger charge is -2.29. The highest BCUT2D eigenvalue weighted by Crippen LogP contribution is 2.42. The molecule has 3 heterocycles. The normalized spacial score (nSPS) is 17.7. The Kier molecular flexibility index (Phi) is 5.23. The predicted molar refractivity (Wildman–Crippen MR) is 128 cm³/mol. The second-order valence-corrected chi connectivity index (χ2v) is 7.98. The Hall–Kier alpha value is -4.24. The van der Waals surface area contributed by atoms with Crippen molar-refractivity contribution in [3.8, 4) is 11.4 Å². The van der Waals surface area contributed by atoms with E-state index in [4.69, 9.17) is 12.2 Å². The first-order valence-electron chi connectivity index (χ1n) is 10.2. The molecule has 9 heteroatoms. The number of non-ortho nitro benzene ring substituents is 1. The fraction of sp³-hybridized carbons (Fsp3) is 0.0833. The molecule has 0 spiro atoms. The number of thiocarbonyl (C=S) groups is 1. The summed E-state index contributed by atoms with van der Waals surface area (Å²) in [5, 5.41) is 24.8. The fourth-order valence-corrected chi connectivity index (χ4v) is 4.50. The van der Waals surface area contributed by atoms with Crippen LogP contribution >= 0.6 is 12.2 Å². The molecule has 0 aliphatic carbocycles. The van der Waals surface area contributed by atoms with Gasteiger partial charge in [0.2, 0.25) is 0 Å². The number of hydrogen-bond donors (Lipinski definition) is 2. The summed E-state index contributed by atoms with van der Waals surface area (Å²) in [6.07, 6.45) is 3.66. The lowest BCUT2D eigenvalue weighted by Crippen LogP contribution is -2.30. The summed E-state index contributed by atoms with van der Waals surface area (Å²) < 4.78 is 1.99. The Bertz CT molecular complexity index is 1310. The molecular formula is C24H19N5O3S. The van der Waals surface area contributed by atoms with Crippen molar-refractivity contribution in [2.45, 2.75) is 12.1 Å². The van der Waals surface area contributed by atoms with Gasteiger partial charge in [-0.15, -0.1) is 0 Å². The van der Waals surface area contributed by atoms with E-state index in [0.717, 1.165) is 22.8 Å². The van der Waals surface area contributed by atoms with Crippen LogP contribution in [0.4, 0.5) is 11.4 Å². The van der Waals surface area contributed by atoms with E-state index >= 15 is 0 Å². The predicted octanol–water partition coefficient (Wildman–Crippen LogP) is 4.66. The van der Waals surface area contributed by atoms with Crippen LogP contribution in [0.25, 0.3) is 5.69 Å². The van der Waals surface area contributed by atoms with Gasteiger partial charge in [-0.3, -0.25) is 15.1 Å². The average Bonchev–Trinajstić information content (AvgIpc) is 3.44. The zero-order valence-corrected chi connectivity index (χ0v) is 18.1. The minimum absolute atomic E-state index is 0.0354. The molecule has 33 heavy (non-hydrogen) atoms. The van der Waals surface area contributed by atoms with Crippen molar-refractivity contribution in [3.05, 3.63) is 113 Å². The lowest BCUT2D eigenvalue weighted by atomic mass is 10.0. The van der Waals surface area contributed by atoms with Gasteiger partial charge < -0.3 is 19.9 Å². The molecule has 0 saturated carbocycles. The number of benzene rings is 2. The second kappa shape index (κ2) is 8.36. The number of nitro groups is 1. The molecule has 1 fully saturated rings. The van der Waals surface area contributed by atoms with Crippen LogP contribution in [0.3, 0.4) is 0 Å². The van der Waals surface area contributed by atoms with Gasteiger partial charge in [-0.05, 0) is 72.9 Å². The van der Waals surface area contributed by atoms with Crippen molar-refractivity contribution in [3.63, 3.8) is 0 Å². The van der Waals surface area contributed by atoms with E-state index in [9.17, 15) is 15.2 Å². The quantitative estimate of drug-likeness (QED) is 0.256. The number of pyridine rings is 1. The van der Waals surface area contributed by atoms with Gasteiger partial charge in [0.1, 0.15) is 11.8 Å². The minimum Gasteiger partial charge on any atom is -0.508 e. The Morgan fingerprint density at radius 1 is 0.970 bits per heavy atom. The minimum atomic E-state index is -0.413. The van der Waals surface area contributed by atoms with Crippen molar-refractivity contribution in [2.75, 3.05) is 4.90 Å². The van der Waals surface area contributed by atoms with Crippen LogP contribution < -0.4 is 10.2 Å². The number of nitro benzene ring substituents is 1. The zero-order valence-electron chi connectivity index (χ0n) is 17.3. The van der Waals surface area contributed by atoms with Crippen LogP contribution in [-0.4, -0.2) is 24.7 Å². The van der Waals surface area contributed by atoms with Gasteiger partial charge >= 0.3 is 0 Å². The molecule has 1 aliphatic heterocycles. The number of aromatic nitrogens is 2. The van der Waals surface area contributed by atoms with Gasteiger partial charge in [0.25, 0.3) is 5.69 Å². The summed E-state index contributed by atoms with van der Waals surface area (Å²) in [5.41, 5.74) is 3.42. The first kappa shape index (κ1) is 20.7. The van der Waals surface area contributed by atoms with Gasteiger partial charge in [-0.25, -0.2) is 0 Å². The molecule has 0 radical (unpaired) electrons. The zero-order chi connectivity index (χ0) is 22.9. The third kappa shape index (κ3) is 3.79. The van der Waals surface area contributed by atoms with Gasteiger partial charge in [0.05, 0.1) is 16.7 Å². The van der Waals surface area contributed by atoms with E-state index in [1.54, 1.807) is 30.5 Å². The Morgan fingerprint density at radius 2 is 1.70 bits per heavy atom. The van der Waals surface area contributed by atoms with Gasteiger partial charge in [0.15, 0.2) is 5.11 Å². The summed E-state index contributed by atoms with van der Waals surface area (Å²) in [4.78, 5) is 17.2. The van der Waals surface area contributed by atoms with Crippen LogP contribution in [0.2, 0.25) is 0 Å². The Balaban J connectivity index is 1.63. The molecular weight excluding hydrogens is 438 g/mol. The molecule has 164 valence electrons. The van der Waals surface area contributed by atoms with Crippen molar-refractivity contribution in [1.29, 1.82) is 0 Å². The van der Waals surface area contributed by atoms with E-state index in [0.29, 0.717) is 5.11 Å². The number of anilines is 1. The monoisotopic (exact) mass is 457 g/mol. The summed E-state index contributed by atoms with van der Waals surface area (Å²) in [6.45, 7) is 0. The molecule has 0 amide bonds. The van der Waals surface area contributed by atoms with E-state index in [1.165, 1.54) is 12.1 Å². The molecule has 2 aromatic heterocycles. The summed E-state index contributed by atoms with van der Waals surface area (Å²) in [7, 11) is 0. The van der Waals surface area contributed by atoms with E-state index in [-0.39, 0.29) is 23.5 Å². The highest BCUT2D eigenvalue weighted by atomic mass is 32.1. The second-order valence-electron chi connectivity index (χ2n) is 7.59. The fourth-order valence-electron chi connectivity index (χ4n) is 4.15. The molecule has 2 aromatic carbocycles. The molecule has 2 N–H and O–H groups in total. The van der Waals surface area contributed by atoms with E-state index in [1.807, 2.05) is 58.1 Å². The Morgan fingerprint density at radius 3 is 2.36 bits per heavy atom. The van der Waals surface area contributed by atoms with Crippen molar-refractivity contribution in [1.82, 2.24) is 14.9 Å². The maximum atomic E-state index is 11.1. The first-order valence-corrected chi connectivity index (χ1v) is 10.7.